The second-order valence-corrected chi connectivity index (χ2v) is 4.23. The molecule has 0 unspecified atom stereocenters. The minimum atomic E-state index is -0.420. The van der Waals surface area contributed by atoms with Crippen molar-refractivity contribution in [3.63, 3.8) is 0 Å². The normalized spacial score (nSPS) is 10.3. The number of ether oxygens (including phenoxy) is 1. The zero-order chi connectivity index (χ0) is 13.2. The number of nitrogens with zero attached hydrogens (tertiary/aromatic N) is 1. The Morgan fingerprint density at radius 2 is 1.94 bits per heavy atom. The Kier molecular flexibility index (Phi) is 7.20. The SMILES string of the molecule is O=[N+]([O-])c1ccc(OCCCCNCCS)cc1. The Morgan fingerprint density at radius 1 is 1.22 bits per heavy atom. The number of thiol groups is 1. The largest absolute Gasteiger partial charge is 0.494 e. The molecular formula is C12H18N2O3S. The van der Waals surface area contributed by atoms with Crippen LogP contribution in [0.2, 0.25) is 0 Å². The van der Waals surface area contributed by atoms with Crippen LogP contribution >= 0.6 is 12.6 Å². The lowest BCUT2D eigenvalue weighted by molar-refractivity contribution is -0.384. The fourth-order valence-corrected chi connectivity index (χ4v) is 1.57. The van der Waals surface area contributed by atoms with Crippen LogP contribution in [-0.2, 0) is 0 Å². The molecule has 0 saturated heterocycles. The summed E-state index contributed by atoms with van der Waals surface area (Å²) < 4.78 is 5.48. The summed E-state index contributed by atoms with van der Waals surface area (Å²) in [5.74, 6) is 1.52. The quantitative estimate of drug-likeness (QED) is 0.313. The third-order valence-corrected chi connectivity index (χ3v) is 2.58. The Balaban J connectivity index is 2.14. The highest BCUT2D eigenvalue weighted by Gasteiger charge is 2.03. The molecule has 5 nitrogen and oxygen atoms in total. The molecule has 0 atom stereocenters. The number of nitro groups is 1. The first-order valence-electron chi connectivity index (χ1n) is 5.93. The maximum atomic E-state index is 10.5. The van der Waals surface area contributed by atoms with E-state index >= 15 is 0 Å². The maximum absolute atomic E-state index is 10.5. The molecule has 0 radical (unpaired) electrons. The van der Waals surface area contributed by atoms with Crippen molar-refractivity contribution in [3.8, 4) is 5.75 Å². The van der Waals surface area contributed by atoms with Crippen LogP contribution in [0, 0.1) is 10.1 Å². The van der Waals surface area contributed by atoms with Gasteiger partial charge in [-0.25, -0.2) is 0 Å². The number of non-ortho nitro benzene ring substituents is 1. The molecule has 1 rings (SSSR count). The molecule has 0 amide bonds. The second-order valence-electron chi connectivity index (χ2n) is 3.78. The topological polar surface area (TPSA) is 64.4 Å². The summed E-state index contributed by atoms with van der Waals surface area (Å²) in [6.07, 6.45) is 2.00. The summed E-state index contributed by atoms with van der Waals surface area (Å²) in [5.41, 5.74) is 0.0818. The van der Waals surface area contributed by atoms with E-state index in [1.807, 2.05) is 0 Å². The molecule has 0 fully saturated rings. The Bertz CT molecular complexity index is 357. The summed E-state index contributed by atoms with van der Waals surface area (Å²) in [4.78, 5) is 10.0. The molecular weight excluding hydrogens is 252 g/mol. The number of nitro benzene ring substituents is 1. The van der Waals surface area contributed by atoms with Gasteiger partial charge in [-0.1, -0.05) is 0 Å². The fourth-order valence-electron chi connectivity index (χ4n) is 1.41. The first-order chi connectivity index (χ1) is 8.74. The molecule has 0 bridgehead atoms. The predicted molar refractivity (Wildman–Crippen MR) is 74.5 cm³/mol. The zero-order valence-corrected chi connectivity index (χ0v) is 11.1. The van der Waals surface area contributed by atoms with E-state index in [1.165, 1.54) is 12.1 Å². The van der Waals surface area contributed by atoms with Gasteiger partial charge in [-0.05, 0) is 31.5 Å². The minimum Gasteiger partial charge on any atom is -0.494 e. The van der Waals surface area contributed by atoms with Crippen LogP contribution in [0.1, 0.15) is 12.8 Å². The van der Waals surface area contributed by atoms with Crippen molar-refractivity contribution in [2.75, 3.05) is 25.4 Å². The summed E-state index contributed by atoms with van der Waals surface area (Å²) in [6, 6.07) is 6.14. The summed E-state index contributed by atoms with van der Waals surface area (Å²) in [7, 11) is 0. The number of hydrogen-bond donors (Lipinski definition) is 2. The fraction of sp³-hybridized carbons (Fsp3) is 0.500. The van der Waals surface area contributed by atoms with Crippen molar-refractivity contribution in [3.05, 3.63) is 34.4 Å². The average molecular weight is 270 g/mol. The molecule has 1 N–H and O–H groups in total. The van der Waals surface area contributed by atoms with Crippen molar-refractivity contribution < 1.29 is 9.66 Å². The van der Waals surface area contributed by atoms with Crippen LogP contribution in [0.25, 0.3) is 0 Å². The van der Waals surface area contributed by atoms with E-state index in [9.17, 15) is 10.1 Å². The van der Waals surface area contributed by atoms with E-state index in [-0.39, 0.29) is 5.69 Å². The van der Waals surface area contributed by atoms with E-state index in [0.29, 0.717) is 12.4 Å². The highest BCUT2D eigenvalue weighted by molar-refractivity contribution is 7.80. The van der Waals surface area contributed by atoms with Gasteiger partial charge in [0.1, 0.15) is 5.75 Å². The zero-order valence-electron chi connectivity index (χ0n) is 10.2. The van der Waals surface area contributed by atoms with Gasteiger partial charge in [-0.2, -0.15) is 12.6 Å². The van der Waals surface area contributed by atoms with Gasteiger partial charge in [0.2, 0.25) is 0 Å². The molecule has 100 valence electrons. The third-order valence-electron chi connectivity index (χ3n) is 2.35. The van der Waals surface area contributed by atoms with E-state index in [2.05, 4.69) is 17.9 Å². The van der Waals surface area contributed by atoms with E-state index in [0.717, 1.165) is 31.7 Å². The van der Waals surface area contributed by atoms with E-state index in [4.69, 9.17) is 4.74 Å². The van der Waals surface area contributed by atoms with Gasteiger partial charge in [0.05, 0.1) is 11.5 Å². The number of unbranched alkanes of at least 4 members (excludes halogenated alkanes) is 1. The van der Waals surface area contributed by atoms with Crippen LogP contribution in [0.15, 0.2) is 24.3 Å². The van der Waals surface area contributed by atoms with Gasteiger partial charge in [-0.15, -0.1) is 0 Å². The van der Waals surface area contributed by atoms with Crippen molar-refractivity contribution in [2.45, 2.75) is 12.8 Å². The molecule has 1 aromatic rings. The molecule has 0 heterocycles. The van der Waals surface area contributed by atoms with Crippen molar-refractivity contribution >= 4 is 18.3 Å². The lowest BCUT2D eigenvalue weighted by Crippen LogP contribution is -2.18. The average Bonchev–Trinajstić information content (AvgIpc) is 2.38. The first-order valence-corrected chi connectivity index (χ1v) is 6.56. The van der Waals surface area contributed by atoms with Gasteiger partial charge in [0.15, 0.2) is 0 Å². The number of rotatable bonds is 9. The molecule has 0 aliphatic rings. The van der Waals surface area contributed by atoms with Gasteiger partial charge in [0.25, 0.3) is 5.69 Å². The Hall–Kier alpha value is -1.27. The Labute approximate surface area is 112 Å². The van der Waals surface area contributed by atoms with Crippen molar-refractivity contribution in [1.82, 2.24) is 5.32 Å². The monoisotopic (exact) mass is 270 g/mol. The number of hydrogen-bond acceptors (Lipinski definition) is 5. The lowest BCUT2D eigenvalue weighted by Gasteiger charge is -2.06. The van der Waals surface area contributed by atoms with Crippen LogP contribution < -0.4 is 10.1 Å². The third kappa shape index (κ3) is 5.88. The van der Waals surface area contributed by atoms with Gasteiger partial charge in [0, 0.05) is 24.4 Å². The predicted octanol–water partition coefficient (Wildman–Crippen LogP) is 2.27. The molecule has 0 aliphatic carbocycles. The van der Waals surface area contributed by atoms with Crippen LogP contribution in [0.4, 0.5) is 5.69 Å². The summed E-state index contributed by atoms with van der Waals surface area (Å²) in [5, 5.41) is 13.7. The number of nitrogens with one attached hydrogen (secondary N) is 1. The van der Waals surface area contributed by atoms with Crippen LogP contribution in [0.5, 0.6) is 5.75 Å². The van der Waals surface area contributed by atoms with Crippen LogP contribution in [-0.4, -0.2) is 30.4 Å². The highest BCUT2D eigenvalue weighted by atomic mass is 32.1. The molecule has 0 saturated carbocycles. The molecule has 1 aromatic carbocycles. The van der Waals surface area contributed by atoms with Crippen LogP contribution in [0.3, 0.4) is 0 Å². The van der Waals surface area contributed by atoms with Gasteiger partial charge in [-0.3, -0.25) is 10.1 Å². The first kappa shape index (κ1) is 14.8. The Morgan fingerprint density at radius 3 is 2.56 bits per heavy atom. The van der Waals surface area contributed by atoms with Gasteiger partial charge < -0.3 is 10.1 Å². The molecule has 0 spiro atoms. The summed E-state index contributed by atoms with van der Waals surface area (Å²) in [6.45, 7) is 2.51. The maximum Gasteiger partial charge on any atom is 0.269 e. The second kappa shape index (κ2) is 8.77. The standard InChI is InChI=1S/C12H18N2O3S/c15-14(16)11-3-5-12(6-4-11)17-9-2-1-7-13-8-10-18/h3-6,13,18H,1-2,7-10H2. The lowest BCUT2D eigenvalue weighted by atomic mass is 10.3. The minimum absolute atomic E-state index is 0.0818. The smallest absolute Gasteiger partial charge is 0.269 e. The number of benzene rings is 1. The molecule has 18 heavy (non-hydrogen) atoms. The molecule has 0 aromatic heterocycles. The van der Waals surface area contributed by atoms with Crippen molar-refractivity contribution in [2.24, 2.45) is 0 Å². The summed E-state index contributed by atoms with van der Waals surface area (Å²) >= 11 is 4.10. The molecule has 6 heteroatoms. The van der Waals surface area contributed by atoms with Gasteiger partial charge >= 0.3 is 0 Å². The highest BCUT2D eigenvalue weighted by Crippen LogP contribution is 2.17. The molecule has 0 aliphatic heterocycles. The van der Waals surface area contributed by atoms with E-state index in [1.54, 1.807) is 12.1 Å². The van der Waals surface area contributed by atoms with E-state index < -0.39 is 4.92 Å². The van der Waals surface area contributed by atoms with Crippen molar-refractivity contribution in [1.29, 1.82) is 0 Å².